The molecule has 1 aliphatic heterocycles. The minimum absolute atomic E-state index is 0.0890. The second-order valence-electron chi connectivity index (χ2n) is 8.84. The van der Waals surface area contributed by atoms with E-state index in [0.29, 0.717) is 18.7 Å². The molecule has 1 heterocycles. The van der Waals surface area contributed by atoms with Crippen LogP contribution in [-0.2, 0) is 20.8 Å². The number of carbonyl (C=O) groups is 3. The summed E-state index contributed by atoms with van der Waals surface area (Å²) >= 11 is 0. The maximum atomic E-state index is 13.0. The summed E-state index contributed by atoms with van der Waals surface area (Å²) in [5, 5.41) is 8.00. The van der Waals surface area contributed by atoms with Crippen LogP contribution < -0.4 is 15.5 Å². The zero-order chi connectivity index (χ0) is 23.4. The fourth-order valence-electron chi connectivity index (χ4n) is 4.19. The van der Waals surface area contributed by atoms with Gasteiger partial charge in [0, 0.05) is 24.3 Å². The minimum Gasteiger partial charge on any atom is -0.344 e. The van der Waals surface area contributed by atoms with Gasteiger partial charge >= 0.3 is 0 Å². The Hall–Kier alpha value is -3.67. The van der Waals surface area contributed by atoms with Crippen molar-refractivity contribution < 1.29 is 14.4 Å². The van der Waals surface area contributed by atoms with Crippen LogP contribution in [0.3, 0.4) is 0 Å². The standard InChI is InChI=1S/C27H29N3O3/c1-18(2)26(29-24(31)16-19-12-13-20-7-3-4-8-21(20)15-19)27(33)28-22-9-5-10-23(17-22)30-14-6-11-25(30)32/h3-5,7-10,12-13,15,17-18,26H,6,11,14,16H2,1-2H3,(H,28,33)(H,29,31). The van der Waals surface area contributed by atoms with Crippen LogP contribution in [0.2, 0.25) is 0 Å². The van der Waals surface area contributed by atoms with Gasteiger partial charge in [-0.3, -0.25) is 14.4 Å². The highest BCUT2D eigenvalue weighted by Crippen LogP contribution is 2.24. The molecule has 1 saturated heterocycles. The number of amides is 3. The average molecular weight is 444 g/mol. The van der Waals surface area contributed by atoms with E-state index in [1.165, 1.54) is 0 Å². The predicted molar refractivity (Wildman–Crippen MR) is 131 cm³/mol. The van der Waals surface area contributed by atoms with Crippen LogP contribution >= 0.6 is 0 Å². The number of benzene rings is 3. The molecule has 0 spiro atoms. The lowest BCUT2D eigenvalue weighted by atomic mass is 10.0. The number of nitrogens with zero attached hydrogens (tertiary/aromatic N) is 1. The van der Waals surface area contributed by atoms with Gasteiger partial charge in [-0.2, -0.15) is 0 Å². The topological polar surface area (TPSA) is 78.5 Å². The molecule has 3 aromatic rings. The number of rotatable bonds is 7. The van der Waals surface area contributed by atoms with Crippen molar-refractivity contribution in [3.05, 3.63) is 72.3 Å². The van der Waals surface area contributed by atoms with Crippen molar-refractivity contribution in [2.24, 2.45) is 5.92 Å². The van der Waals surface area contributed by atoms with Gasteiger partial charge in [0.25, 0.3) is 0 Å². The van der Waals surface area contributed by atoms with Crippen LogP contribution in [-0.4, -0.2) is 30.3 Å². The lowest BCUT2D eigenvalue weighted by Gasteiger charge is -2.22. The molecule has 3 aromatic carbocycles. The molecular formula is C27H29N3O3. The van der Waals surface area contributed by atoms with Gasteiger partial charge in [-0.1, -0.05) is 62.4 Å². The Morgan fingerprint density at radius 3 is 2.48 bits per heavy atom. The number of hydrogen-bond acceptors (Lipinski definition) is 3. The molecule has 0 bridgehead atoms. The van der Waals surface area contributed by atoms with Gasteiger partial charge in [0.05, 0.1) is 6.42 Å². The molecule has 2 N–H and O–H groups in total. The summed E-state index contributed by atoms with van der Waals surface area (Å²) in [6.45, 7) is 4.50. The first-order valence-corrected chi connectivity index (χ1v) is 11.4. The third-order valence-corrected chi connectivity index (χ3v) is 5.94. The first kappa shape index (κ1) is 22.5. The average Bonchev–Trinajstić information content (AvgIpc) is 3.23. The molecule has 0 aromatic heterocycles. The summed E-state index contributed by atoms with van der Waals surface area (Å²) in [5.41, 5.74) is 2.28. The van der Waals surface area contributed by atoms with Crippen molar-refractivity contribution in [1.82, 2.24) is 5.32 Å². The second kappa shape index (κ2) is 9.86. The molecule has 33 heavy (non-hydrogen) atoms. The molecule has 3 amide bonds. The molecule has 0 aliphatic carbocycles. The Labute approximate surface area is 194 Å². The molecule has 6 nitrogen and oxygen atoms in total. The lowest BCUT2D eigenvalue weighted by Crippen LogP contribution is -2.47. The maximum absolute atomic E-state index is 13.0. The molecule has 1 unspecified atom stereocenters. The van der Waals surface area contributed by atoms with E-state index in [1.807, 2.05) is 68.4 Å². The fourth-order valence-corrected chi connectivity index (χ4v) is 4.19. The fraction of sp³-hybridized carbons (Fsp3) is 0.296. The number of anilines is 2. The summed E-state index contributed by atoms with van der Waals surface area (Å²) in [6, 6.07) is 20.6. The van der Waals surface area contributed by atoms with Crippen molar-refractivity contribution in [2.45, 2.75) is 39.2 Å². The quantitative estimate of drug-likeness (QED) is 0.572. The van der Waals surface area contributed by atoms with E-state index < -0.39 is 6.04 Å². The van der Waals surface area contributed by atoms with Crippen LogP contribution in [0.1, 0.15) is 32.3 Å². The van der Waals surface area contributed by atoms with E-state index in [1.54, 1.807) is 17.0 Å². The summed E-state index contributed by atoms with van der Waals surface area (Å²) in [7, 11) is 0. The van der Waals surface area contributed by atoms with Crippen LogP contribution in [0, 0.1) is 5.92 Å². The number of hydrogen-bond donors (Lipinski definition) is 2. The van der Waals surface area contributed by atoms with Gasteiger partial charge in [0.15, 0.2) is 0 Å². The summed E-state index contributed by atoms with van der Waals surface area (Å²) in [4.78, 5) is 39.5. The molecule has 6 heteroatoms. The molecule has 1 fully saturated rings. The summed E-state index contributed by atoms with van der Waals surface area (Å²) in [6.07, 6.45) is 1.59. The third kappa shape index (κ3) is 5.40. The van der Waals surface area contributed by atoms with Crippen molar-refractivity contribution in [3.8, 4) is 0 Å². The van der Waals surface area contributed by atoms with E-state index in [0.717, 1.165) is 28.4 Å². The second-order valence-corrected chi connectivity index (χ2v) is 8.84. The highest BCUT2D eigenvalue weighted by molar-refractivity contribution is 5.99. The number of carbonyl (C=O) groups excluding carboxylic acids is 3. The lowest BCUT2D eigenvalue weighted by molar-refractivity contribution is -0.127. The van der Waals surface area contributed by atoms with E-state index in [9.17, 15) is 14.4 Å². The Kier molecular flexibility index (Phi) is 6.73. The predicted octanol–water partition coefficient (Wildman–Crippen LogP) is 4.29. The maximum Gasteiger partial charge on any atom is 0.247 e. The molecule has 0 saturated carbocycles. The first-order chi connectivity index (χ1) is 15.9. The van der Waals surface area contributed by atoms with Gasteiger partial charge in [-0.15, -0.1) is 0 Å². The molecule has 170 valence electrons. The Balaban J connectivity index is 1.41. The number of nitrogens with one attached hydrogen (secondary N) is 2. The van der Waals surface area contributed by atoms with Gasteiger partial charge in [-0.25, -0.2) is 0 Å². The van der Waals surface area contributed by atoms with Crippen LogP contribution in [0.5, 0.6) is 0 Å². The van der Waals surface area contributed by atoms with E-state index in [-0.39, 0.29) is 30.1 Å². The Morgan fingerprint density at radius 2 is 1.76 bits per heavy atom. The monoisotopic (exact) mass is 443 g/mol. The molecule has 4 rings (SSSR count). The third-order valence-electron chi connectivity index (χ3n) is 5.94. The summed E-state index contributed by atoms with van der Waals surface area (Å²) in [5.74, 6) is -0.467. The van der Waals surface area contributed by atoms with Crippen LogP contribution in [0.4, 0.5) is 11.4 Å². The SMILES string of the molecule is CC(C)C(NC(=O)Cc1ccc2ccccc2c1)C(=O)Nc1cccc(N2CCCC2=O)c1. The Morgan fingerprint density at radius 1 is 0.970 bits per heavy atom. The van der Waals surface area contributed by atoms with Crippen LogP contribution in [0.15, 0.2) is 66.7 Å². The van der Waals surface area contributed by atoms with Crippen molar-refractivity contribution >= 4 is 39.9 Å². The smallest absolute Gasteiger partial charge is 0.247 e. The van der Waals surface area contributed by atoms with E-state index >= 15 is 0 Å². The van der Waals surface area contributed by atoms with E-state index in [2.05, 4.69) is 10.6 Å². The Bertz CT molecular complexity index is 1190. The van der Waals surface area contributed by atoms with Gasteiger partial charge < -0.3 is 15.5 Å². The van der Waals surface area contributed by atoms with Gasteiger partial charge in [0.2, 0.25) is 17.7 Å². The molecule has 1 aliphatic rings. The van der Waals surface area contributed by atoms with Crippen molar-refractivity contribution in [2.75, 3.05) is 16.8 Å². The normalized spacial score (nSPS) is 14.5. The van der Waals surface area contributed by atoms with E-state index in [4.69, 9.17) is 0 Å². The summed E-state index contributed by atoms with van der Waals surface area (Å²) < 4.78 is 0. The first-order valence-electron chi connectivity index (χ1n) is 11.4. The van der Waals surface area contributed by atoms with Crippen LogP contribution in [0.25, 0.3) is 10.8 Å². The molecule has 0 radical (unpaired) electrons. The zero-order valence-corrected chi connectivity index (χ0v) is 19.0. The molecule has 1 atom stereocenters. The zero-order valence-electron chi connectivity index (χ0n) is 19.0. The van der Waals surface area contributed by atoms with Crippen molar-refractivity contribution in [1.29, 1.82) is 0 Å². The minimum atomic E-state index is -0.671. The van der Waals surface area contributed by atoms with Gasteiger partial charge in [0.1, 0.15) is 6.04 Å². The number of fused-ring (bicyclic) bond motifs is 1. The largest absolute Gasteiger partial charge is 0.344 e. The highest BCUT2D eigenvalue weighted by Gasteiger charge is 2.25. The highest BCUT2D eigenvalue weighted by atomic mass is 16.2. The molecular weight excluding hydrogens is 414 g/mol. The van der Waals surface area contributed by atoms with Crippen molar-refractivity contribution in [3.63, 3.8) is 0 Å². The van der Waals surface area contributed by atoms with Gasteiger partial charge in [-0.05, 0) is 46.9 Å².